The molecule has 29 heavy (non-hydrogen) atoms. The molecule has 144 valence electrons. The van der Waals surface area contributed by atoms with Crippen molar-refractivity contribution in [3.63, 3.8) is 0 Å². The molecule has 0 saturated carbocycles. The molecule has 4 aromatic rings. The Morgan fingerprint density at radius 2 is 1.59 bits per heavy atom. The molecule has 1 aliphatic carbocycles. The molecule has 3 atom stereocenters. The monoisotopic (exact) mass is 443 g/mol. The molecule has 0 radical (unpaired) electrons. The van der Waals surface area contributed by atoms with Crippen molar-refractivity contribution < 1.29 is 4.79 Å². The van der Waals surface area contributed by atoms with Gasteiger partial charge in [-0.2, -0.15) is 0 Å². The number of para-hydroxylation sites is 1. The van der Waals surface area contributed by atoms with Gasteiger partial charge >= 0.3 is 0 Å². The minimum atomic E-state index is -0.100. The van der Waals surface area contributed by atoms with Crippen LogP contribution in [0.5, 0.6) is 0 Å². The maximum Gasteiger partial charge on any atom is 0.124 e. The van der Waals surface area contributed by atoms with Crippen LogP contribution in [0.25, 0.3) is 10.9 Å². The summed E-state index contributed by atoms with van der Waals surface area (Å²) in [6.07, 6.45) is 2.06. The second-order valence-electron chi connectivity index (χ2n) is 7.90. The van der Waals surface area contributed by atoms with Gasteiger partial charge in [0.25, 0.3) is 0 Å². The normalized spacial score (nSPS) is 21.1. The number of rotatable bonds is 3. The van der Waals surface area contributed by atoms with Gasteiger partial charge in [-0.25, -0.2) is 0 Å². The van der Waals surface area contributed by atoms with Gasteiger partial charge in [0.15, 0.2) is 0 Å². The van der Waals surface area contributed by atoms with Gasteiger partial charge in [0.2, 0.25) is 0 Å². The van der Waals surface area contributed by atoms with Crippen LogP contribution in [0.4, 0.5) is 0 Å². The van der Waals surface area contributed by atoms with Crippen LogP contribution in [-0.2, 0) is 18.3 Å². The molecule has 0 bridgehead atoms. The zero-order valence-electron chi connectivity index (χ0n) is 16.3. The van der Waals surface area contributed by atoms with Crippen molar-refractivity contribution in [1.29, 1.82) is 0 Å². The van der Waals surface area contributed by atoms with Crippen LogP contribution in [0, 0.1) is 5.92 Å². The van der Waals surface area contributed by atoms with Crippen molar-refractivity contribution in [1.82, 2.24) is 4.57 Å². The molecule has 2 nitrogen and oxygen atoms in total. The van der Waals surface area contributed by atoms with E-state index >= 15 is 0 Å². The molecule has 0 N–H and O–H groups in total. The summed E-state index contributed by atoms with van der Waals surface area (Å²) in [4.78, 5) is 12.5. The minimum absolute atomic E-state index is 0.0530. The molecule has 0 aliphatic heterocycles. The fraction of sp³-hybridized carbons (Fsp3) is 0.192. The molecule has 0 spiro atoms. The number of carbonyl (C=O) groups is 1. The smallest absolute Gasteiger partial charge is 0.124 e. The van der Waals surface area contributed by atoms with Crippen LogP contribution >= 0.6 is 15.9 Å². The Balaban J connectivity index is 1.78. The highest BCUT2D eigenvalue weighted by Crippen LogP contribution is 2.50. The molecule has 0 unspecified atom stereocenters. The lowest BCUT2D eigenvalue weighted by Crippen LogP contribution is -2.30. The highest BCUT2D eigenvalue weighted by Gasteiger charge is 2.41. The fourth-order valence-electron chi connectivity index (χ4n) is 5.11. The van der Waals surface area contributed by atoms with E-state index in [-0.39, 0.29) is 17.8 Å². The largest absolute Gasteiger partial charge is 0.347 e. The summed E-state index contributed by atoms with van der Waals surface area (Å²) in [5.74, 6) is 0.107. The average Bonchev–Trinajstić information content (AvgIpc) is 3.06. The van der Waals surface area contributed by atoms with Crippen LogP contribution in [0.1, 0.15) is 34.2 Å². The molecule has 1 aliphatic rings. The molecular formula is C26H22BrNO. The number of hydrogen-bond acceptors (Lipinski definition) is 1. The van der Waals surface area contributed by atoms with Crippen LogP contribution in [0.3, 0.4) is 0 Å². The first-order valence-electron chi connectivity index (χ1n) is 10.0. The predicted molar refractivity (Wildman–Crippen MR) is 121 cm³/mol. The average molecular weight is 444 g/mol. The van der Waals surface area contributed by atoms with E-state index in [1.807, 2.05) is 6.07 Å². The predicted octanol–water partition coefficient (Wildman–Crippen LogP) is 6.23. The zero-order valence-corrected chi connectivity index (χ0v) is 17.8. The molecule has 0 saturated heterocycles. The number of benzene rings is 3. The number of aromatic nitrogens is 1. The summed E-state index contributed by atoms with van der Waals surface area (Å²) in [5, 5.41) is 1.26. The zero-order chi connectivity index (χ0) is 20.0. The van der Waals surface area contributed by atoms with Crippen molar-refractivity contribution in [3.8, 4) is 0 Å². The van der Waals surface area contributed by atoms with Gasteiger partial charge in [-0.1, -0.05) is 76.6 Å². The van der Waals surface area contributed by atoms with E-state index in [0.29, 0.717) is 0 Å². The Kier molecular flexibility index (Phi) is 4.63. The summed E-state index contributed by atoms with van der Waals surface area (Å²) < 4.78 is 3.39. The molecule has 3 heteroatoms. The van der Waals surface area contributed by atoms with Crippen molar-refractivity contribution >= 4 is 33.1 Å². The van der Waals surface area contributed by atoms with Crippen LogP contribution in [0.2, 0.25) is 0 Å². The van der Waals surface area contributed by atoms with Gasteiger partial charge in [-0.3, -0.25) is 0 Å². The van der Waals surface area contributed by atoms with Crippen molar-refractivity contribution in [2.45, 2.75) is 18.3 Å². The summed E-state index contributed by atoms with van der Waals surface area (Å²) in [6.45, 7) is 0. The number of carbonyl (C=O) groups excluding carboxylic acids is 1. The fourth-order valence-corrected chi connectivity index (χ4v) is 5.38. The topological polar surface area (TPSA) is 22.0 Å². The first-order valence-corrected chi connectivity index (χ1v) is 10.8. The highest BCUT2D eigenvalue weighted by atomic mass is 79.9. The van der Waals surface area contributed by atoms with E-state index in [0.717, 1.165) is 10.9 Å². The number of nitrogens with zero attached hydrogens (tertiary/aromatic N) is 1. The third-order valence-corrected chi connectivity index (χ3v) is 6.99. The van der Waals surface area contributed by atoms with Gasteiger partial charge in [-0.05, 0) is 47.2 Å². The number of fused-ring (bicyclic) bond motifs is 3. The lowest BCUT2D eigenvalue weighted by Gasteiger charge is -2.36. The molecule has 1 aromatic heterocycles. The number of halogens is 1. The Morgan fingerprint density at radius 1 is 0.897 bits per heavy atom. The molecular weight excluding hydrogens is 422 g/mol. The quantitative estimate of drug-likeness (QED) is 0.344. The van der Waals surface area contributed by atoms with Crippen molar-refractivity contribution in [2.75, 3.05) is 0 Å². The maximum atomic E-state index is 12.5. The van der Waals surface area contributed by atoms with Crippen molar-refractivity contribution in [3.05, 3.63) is 106 Å². The van der Waals surface area contributed by atoms with Crippen LogP contribution in [0.15, 0.2) is 83.3 Å². The van der Waals surface area contributed by atoms with E-state index in [9.17, 15) is 4.79 Å². The highest BCUT2D eigenvalue weighted by molar-refractivity contribution is 9.10. The Morgan fingerprint density at radius 3 is 2.31 bits per heavy atom. The maximum absolute atomic E-state index is 12.5. The van der Waals surface area contributed by atoms with E-state index in [1.54, 1.807) is 0 Å². The molecule has 0 amide bonds. The van der Waals surface area contributed by atoms with Crippen molar-refractivity contribution in [2.24, 2.45) is 13.0 Å². The number of aldehydes is 1. The van der Waals surface area contributed by atoms with Gasteiger partial charge in [0.1, 0.15) is 6.29 Å². The first-order chi connectivity index (χ1) is 14.2. The lowest BCUT2D eigenvalue weighted by molar-refractivity contribution is -0.112. The Labute approximate surface area is 179 Å². The molecule has 5 rings (SSSR count). The third-order valence-electron chi connectivity index (χ3n) is 6.46. The standard InChI is InChI=1S/C26H22BrNO/c1-28-23-10-6-5-9-20(23)26-24(28)15-21(17-11-13-19(27)14-12-17)22(16-29)25(26)18-7-3-2-4-8-18/h2-14,16,21-22,25H,15H2,1H3/t21-,22+,25-/m0/s1. The summed E-state index contributed by atoms with van der Waals surface area (Å²) in [5.41, 5.74) is 6.33. The van der Waals surface area contributed by atoms with Gasteiger partial charge in [-0.15, -0.1) is 0 Å². The SMILES string of the molecule is Cn1c2c(c3ccccc31)[C@@H](c1ccccc1)[C@H](C=O)[C@H](c1ccc(Br)cc1)C2. The Bertz CT molecular complexity index is 1180. The van der Waals surface area contributed by atoms with Gasteiger partial charge in [0.05, 0.1) is 0 Å². The van der Waals surface area contributed by atoms with E-state index in [1.165, 1.54) is 39.6 Å². The minimum Gasteiger partial charge on any atom is -0.347 e. The number of hydrogen-bond donors (Lipinski definition) is 0. The van der Waals surface area contributed by atoms with E-state index in [4.69, 9.17) is 0 Å². The summed E-state index contributed by atoms with van der Waals surface area (Å²) in [6, 6.07) is 27.5. The first kappa shape index (κ1) is 18.4. The molecule has 0 fully saturated rings. The van der Waals surface area contributed by atoms with Gasteiger partial charge < -0.3 is 9.36 Å². The van der Waals surface area contributed by atoms with Crippen LogP contribution < -0.4 is 0 Å². The summed E-state index contributed by atoms with van der Waals surface area (Å²) >= 11 is 3.54. The van der Waals surface area contributed by atoms with Crippen LogP contribution in [-0.4, -0.2) is 10.9 Å². The molecule has 3 aromatic carbocycles. The van der Waals surface area contributed by atoms with Gasteiger partial charge in [0, 0.05) is 40.0 Å². The second kappa shape index (κ2) is 7.31. The van der Waals surface area contributed by atoms with E-state index in [2.05, 4.69) is 100 Å². The third kappa shape index (κ3) is 2.96. The lowest BCUT2D eigenvalue weighted by atomic mass is 9.66. The van der Waals surface area contributed by atoms with E-state index < -0.39 is 0 Å². The molecule has 1 heterocycles. The Hall–Kier alpha value is -2.65. The second-order valence-corrected chi connectivity index (χ2v) is 8.82. The summed E-state index contributed by atoms with van der Waals surface area (Å²) in [7, 11) is 2.16. The number of aryl methyl sites for hydroxylation is 1.